The Bertz CT molecular complexity index is 460. The van der Waals surface area contributed by atoms with Gasteiger partial charge in [0, 0.05) is 5.56 Å². The third-order valence-corrected chi connectivity index (χ3v) is 2.31. The number of carbonyl (C=O) groups excluding carboxylic acids is 1. The number of ether oxygens (including phenoxy) is 1. The standard InChI is InChI=1S/C14H17NO3/c1-3-18-14(17)15-11(2)13-8-4-6-12(10-13)7-5-9-16/h4,6,8,10-11,16H,3,9H2,1-2H3,(H,15,17). The molecule has 0 aromatic heterocycles. The monoisotopic (exact) mass is 247 g/mol. The molecule has 96 valence electrons. The molecule has 0 fully saturated rings. The van der Waals surface area contributed by atoms with Crippen LogP contribution in [-0.4, -0.2) is 24.4 Å². The van der Waals surface area contributed by atoms with E-state index in [4.69, 9.17) is 9.84 Å². The zero-order chi connectivity index (χ0) is 13.4. The molecule has 0 bridgehead atoms. The number of aliphatic hydroxyl groups excluding tert-OH is 1. The Hall–Kier alpha value is -1.99. The van der Waals surface area contributed by atoms with E-state index in [1.165, 1.54) is 0 Å². The Morgan fingerprint density at radius 1 is 1.56 bits per heavy atom. The van der Waals surface area contributed by atoms with E-state index in [-0.39, 0.29) is 12.6 Å². The fourth-order valence-electron chi connectivity index (χ4n) is 1.46. The second-order valence-electron chi connectivity index (χ2n) is 3.67. The maximum Gasteiger partial charge on any atom is 0.407 e. The van der Waals surface area contributed by atoms with Gasteiger partial charge in [-0.1, -0.05) is 24.0 Å². The van der Waals surface area contributed by atoms with E-state index in [9.17, 15) is 4.79 Å². The Morgan fingerprint density at radius 2 is 2.33 bits per heavy atom. The van der Waals surface area contributed by atoms with Crippen molar-refractivity contribution in [2.24, 2.45) is 0 Å². The van der Waals surface area contributed by atoms with Crippen molar-refractivity contribution in [3.63, 3.8) is 0 Å². The molecule has 18 heavy (non-hydrogen) atoms. The highest BCUT2D eigenvalue weighted by Gasteiger charge is 2.09. The zero-order valence-electron chi connectivity index (χ0n) is 10.6. The van der Waals surface area contributed by atoms with Crippen LogP contribution in [0.4, 0.5) is 4.79 Å². The van der Waals surface area contributed by atoms with Gasteiger partial charge in [0.05, 0.1) is 12.6 Å². The van der Waals surface area contributed by atoms with Crippen LogP contribution in [0.15, 0.2) is 24.3 Å². The van der Waals surface area contributed by atoms with Gasteiger partial charge in [0.25, 0.3) is 0 Å². The number of nitrogens with one attached hydrogen (secondary N) is 1. The van der Waals surface area contributed by atoms with E-state index in [1.54, 1.807) is 6.92 Å². The van der Waals surface area contributed by atoms with Gasteiger partial charge in [-0.3, -0.25) is 0 Å². The third-order valence-electron chi connectivity index (χ3n) is 2.31. The van der Waals surface area contributed by atoms with Gasteiger partial charge in [0.2, 0.25) is 0 Å². The van der Waals surface area contributed by atoms with E-state index < -0.39 is 6.09 Å². The molecular weight excluding hydrogens is 230 g/mol. The van der Waals surface area contributed by atoms with Crippen molar-refractivity contribution >= 4 is 6.09 Å². The number of rotatable bonds is 3. The van der Waals surface area contributed by atoms with Crippen molar-refractivity contribution in [1.82, 2.24) is 5.32 Å². The number of alkyl carbamates (subject to hydrolysis) is 1. The number of aliphatic hydroxyl groups is 1. The van der Waals surface area contributed by atoms with Gasteiger partial charge >= 0.3 is 6.09 Å². The fourth-order valence-corrected chi connectivity index (χ4v) is 1.46. The van der Waals surface area contributed by atoms with Crippen LogP contribution in [-0.2, 0) is 4.74 Å². The number of benzene rings is 1. The van der Waals surface area contributed by atoms with Crippen molar-refractivity contribution in [3.05, 3.63) is 35.4 Å². The summed E-state index contributed by atoms with van der Waals surface area (Å²) in [5, 5.41) is 11.4. The Labute approximate surface area is 107 Å². The van der Waals surface area contributed by atoms with Gasteiger partial charge in [-0.15, -0.1) is 0 Å². The molecule has 1 atom stereocenters. The molecular formula is C14H17NO3. The highest BCUT2D eigenvalue weighted by Crippen LogP contribution is 2.13. The molecule has 0 saturated heterocycles. The Morgan fingerprint density at radius 3 is 3.00 bits per heavy atom. The van der Waals surface area contributed by atoms with E-state index in [0.717, 1.165) is 11.1 Å². The molecule has 1 aromatic carbocycles. The molecule has 0 saturated carbocycles. The van der Waals surface area contributed by atoms with Crippen LogP contribution in [0.5, 0.6) is 0 Å². The first-order valence-corrected chi connectivity index (χ1v) is 5.80. The molecule has 4 nitrogen and oxygen atoms in total. The number of carbonyl (C=O) groups is 1. The normalized spacial score (nSPS) is 11.1. The summed E-state index contributed by atoms with van der Waals surface area (Å²) in [4.78, 5) is 11.3. The maximum absolute atomic E-state index is 11.3. The van der Waals surface area contributed by atoms with Crippen LogP contribution in [0.2, 0.25) is 0 Å². The molecule has 0 radical (unpaired) electrons. The lowest BCUT2D eigenvalue weighted by atomic mass is 10.1. The molecule has 0 aliphatic carbocycles. The van der Waals surface area contributed by atoms with E-state index >= 15 is 0 Å². The summed E-state index contributed by atoms with van der Waals surface area (Å²) in [5.74, 6) is 5.41. The predicted octanol–water partition coefficient (Wildman–Crippen LogP) is 1.84. The number of hydrogen-bond acceptors (Lipinski definition) is 3. The van der Waals surface area contributed by atoms with E-state index in [1.807, 2.05) is 31.2 Å². The van der Waals surface area contributed by atoms with Gasteiger partial charge in [-0.25, -0.2) is 4.79 Å². The molecule has 1 unspecified atom stereocenters. The largest absolute Gasteiger partial charge is 0.450 e. The Balaban J connectivity index is 2.73. The molecule has 1 aromatic rings. The second-order valence-corrected chi connectivity index (χ2v) is 3.67. The minimum Gasteiger partial charge on any atom is -0.450 e. The molecule has 0 aliphatic rings. The zero-order valence-corrected chi connectivity index (χ0v) is 10.6. The molecule has 0 aliphatic heterocycles. The van der Waals surface area contributed by atoms with Crippen LogP contribution in [0.3, 0.4) is 0 Å². The summed E-state index contributed by atoms with van der Waals surface area (Å²) in [6.45, 7) is 3.81. The smallest absolute Gasteiger partial charge is 0.407 e. The van der Waals surface area contributed by atoms with Crippen LogP contribution in [0.25, 0.3) is 0 Å². The maximum atomic E-state index is 11.3. The van der Waals surface area contributed by atoms with Crippen LogP contribution < -0.4 is 5.32 Å². The summed E-state index contributed by atoms with van der Waals surface area (Å²) in [7, 11) is 0. The molecule has 1 amide bonds. The van der Waals surface area contributed by atoms with Gasteiger partial charge < -0.3 is 15.2 Å². The van der Waals surface area contributed by atoms with E-state index in [2.05, 4.69) is 17.2 Å². The third kappa shape index (κ3) is 4.48. The summed E-state index contributed by atoms with van der Waals surface area (Å²) in [6.07, 6.45) is -0.433. The Kier molecular flexibility index (Phi) is 5.75. The lowest BCUT2D eigenvalue weighted by molar-refractivity contribution is 0.149. The van der Waals surface area contributed by atoms with Gasteiger partial charge in [-0.05, 0) is 31.5 Å². The molecule has 1 rings (SSSR count). The minimum atomic E-state index is -0.433. The van der Waals surface area contributed by atoms with Crippen molar-refractivity contribution in [2.45, 2.75) is 19.9 Å². The number of hydrogen-bond donors (Lipinski definition) is 2. The summed E-state index contributed by atoms with van der Waals surface area (Å²) < 4.78 is 4.82. The molecule has 0 spiro atoms. The summed E-state index contributed by atoms with van der Waals surface area (Å²) in [6, 6.07) is 7.34. The van der Waals surface area contributed by atoms with Gasteiger partial charge in [0.1, 0.15) is 6.61 Å². The average molecular weight is 247 g/mol. The topological polar surface area (TPSA) is 58.6 Å². The SMILES string of the molecule is CCOC(=O)NC(C)c1cccc(C#CCO)c1. The van der Waals surface area contributed by atoms with Crippen molar-refractivity contribution < 1.29 is 14.6 Å². The molecule has 4 heteroatoms. The van der Waals surface area contributed by atoms with E-state index in [0.29, 0.717) is 6.61 Å². The second kappa shape index (κ2) is 7.36. The lowest BCUT2D eigenvalue weighted by Gasteiger charge is -2.14. The highest BCUT2D eigenvalue weighted by molar-refractivity contribution is 5.67. The van der Waals surface area contributed by atoms with Gasteiger partial charge in [0.15, 0.2) is 0 Å². The van der Waals surface area contributed by atoms with Crippen molar-refractivity contribution in [3.8, 4) is 11.8 Å². The quantitative estimate of drug-likeness (QED) is 0.801. The first kappa shape index (κ1) is 14.1. The highest BCUT2D eigenvalue weighted by atomic mass is 16.5. The summed E-state index contributed by atoms with van der Waals surface area (Å²) in [5.41, 5.74) is 1.74. The van der Waals surface area contributed by atoms with Crippen molar-refractivity contribution in [2.75, 3.05) is 13.2 Å². The van der Waals surface area contributed by atoms with Gasteiger partial charge in [-0.2, -0.15) is 0 Å². The fraction of sp³-hybridized carbons (Fsp3) is 0.357. The van der Waals surface area contributed by atoms with Crippen LogP contribution in [0.1, 0.15) is 31.0 Å². The molecule has 2 N–H and O–H groups in total. The average Bonchev–Trinajstić information content (AvgIpc) is 2.37. The first-order chi connectivity index (χ1) is 8.67. The summed E-state index contributed by atoms with van der Waals surface area (Å²) >= 11 is 0. The van der Waals surface area contributed by atoms with Crippen LogP contribution >= 0.6 is 0 Å². The van der Waals surface area contributed by atoms with Crippen LogP contribution in [0, 0.1) is 11.8 Å². The van der Waals surface area contributed by atoms with Crippen molar-refractivity contribution in [1.29, 1.82) is 0 Å². The predicted molar refractivity (Wildman–Crippen MR) is 69.0 cm³/mol. The lowest BCUT2D eigenvalue weighted by Crippen LogP contribution is -2.27. The first-order valence-electron chi connectivity index (χ1n) is 5.80. The number of amides is 1. The molecule has 0 heterocycles. The minimum absolute atomic E-state index is 0.153.